The number of aromatic nitrogens is 3. The van der Waals surface area contributed by atoms with E-state index in [0.717, 1.165) is 0 Å². The van der Waals surface area contributed by atoms with Gasteiger partial charge in [-0.25, -0.2) is 14.2 Å². The van der Waals surface area contributed by atoms with Crippen molar-refractivity contribution in [1.82, 2.24) is 19.9 Å². The van der Waals surface area contributed by atoms with Gasteiger partial charge in [0.15, 0.2) is 5.82 Å². The number of nitro benzene ring substituents is 1. The minimum atomic E-state index is -2.11. The number of nitrogens with zero attached hydrogens (tertiary/aromatic N) is 7. The van der Waals surface area contributed by atoms with Gasteiger partial charge in [-0.2, -0.15) is 4.98 Å². The Morgan fingerprint density at radius 1 is 1.28 bits per heavy atom. The molecule has 1 saturated heterocycles. The van der Waals surface area contributed by atoms with E-state index in [0.29, 0.717) is 23.6 Å². The molecular weight excluding hydrogens is 595 g/mol. The van der Waals surface area contributed by atoms with Crippen molar-refractivity contribution in [3.63, 3.8) is 0 Å². The number of anilines is 5. The van der Waals surface area contributed by atoms with Crippen molar-refractivity contribution in [2.45, 2.75) is 64.8 Å². The minimum absolute atomic E-state index is 0.000274. The van der Waals surface area contributed by atoms with Gasteiger partial charge in [0.05, 0.1) is 37.9 Å². The van der Waals surface area contributed by atoms with Crippen LogP contribution in [-0.4, -0.2) is 89.9 Å². The van der Waals surface area contributed by atoms with Crippen LogP contribution in [0.5, 0.6) is 5.75 Å². The van der Waals surface area contributed by atoms with Gasteiger partial charge >= 0.3 is 5.97 Å². The summed E-state index contributed by atoms with van der Waals surface area (Å²) in [6.45, 7) is 7.04. The molecule has 2 atom stereocenters. The largest absolute Gasteiger partial charge is 0.494 e. The number of carbonyl (C=O) groups is 1. The number of esters is 1. The van der Waals surface area contributed by atoms with E-state index in [-0.39, 0.29) is 59.1 Å². The standard InChI is InChI=1S/C32H41FN8O5/c1-18(2)46-30(42)22-14-34-31(37-29(22)40-17-32(4,5)28-24(40)10-9-19(3)35-28)36-23-12-26(41(43)44)25(13-27(23)45-8)39-15-20(33)11-21(39)16-38(6)7/h9-10,12-14,18,20-21H,11,15-17H2,1-8H3,(H,34,36,37)/t20-,21+/m0/s1/i17D2. The molecule has 3 aromatic rings. The molecule has 0 amide bonds. The molecule has 0 radical (unpaired) electrons. The number of nitrogens with one attached hydrogen (secondary N) is 1. The van der Waals surface area contributed by atoms with Crippen LogP contribution in [-0.2, 0) is 10.2 Å². The highest BCUT2D eigenvalue weighted by molar-refractivity contribution is 5.96. The average Bonchev–Trinajstić information content (AvgIpc) is 3.42. The Balaban J connectivity index is 1.63. The first-order valence-electron chi connectivity index (χ1n) is 16.0. The van der Waals surface area contributed by atoms with E-state index in [1.165, 1.54) is 30.3 Å². The van der Waals surface area contributed by atoms with Crippen molar-refractivity contribution in [3.8, 4) is 5.75 Å². The molecule has 0 unspecified atom stereocenters. The van der Waals surface area contributed by atoms with E-state index < -0.39 is 35.1 Å². The first-order valence-corrected chi connectivity index (χ1v) is 15.0. The Morgan fingerprint density at radius 2 is 2.02 bits per heavy atom. The van der Waals surface area contributed by atoms with Crippen molar-refractivity contribution >= 4 is 40.5 Å². The van der Waals surface area contributed by atoms with E-state index in [2.05, 4.69) is 20.3 Å². The van der Waals surface area contributed by atoms with Crippen molar-refractivity contribution in [3.05, 3.63) is 57.5 Å². The quantitative estimate of drug-likeness (QED) is 0.175. The fraction of sp³-hybridized carbons (Fsp3) is 0.500. The second-order valence-corrected chi connectivity index (χ2v) is 12.6. The first-order chi connectivity index (χ1) is 22.5. The molecule has 14 heteroatoms. The van der Waals surface area contributed by atoms with Crippen LogP contribution in [0.15, 0.2) is 30.5 Å². The van der Waals surface area contributed by atoms with Crippen LogP contribution in [0.2, 0.25) is 0 Å². The number of carbonyl (C=O) groups excluding carboxylic acids is 1. The van der Waals surface area contributed by atoms with Crippen molar-refractivity contribution in [2.24, 2.45) is 0 Å². The third-order valence-electron chi connectivity index (χ3n) is 7.77. The lowest BCUT2D eigenvalue weighted by atomic mass is 9.91. The normalized spacial score (nSPS) is 20.4. The van der Waals surface area contributed by atoms with Crippen LogP contribution in [0.25, 0.3) is 0 Å². The first kappa shape index (κ1) is 30.1. The lowest BCUT2D eigenvalue weighted by molar-refractivity contribution is -0.384. The molecular formula is C32H41FN8O5. The molecule has 246 valence electrons. The number of fused-ring (bicyclic) bond motifs is 1. The van der Waals surface area contributed by atoms with Gasteiger partial charge in [-0.3, -0.25) is 15.1 Å². The molecule has 5 rings (SSSR count). The second kappa shape index (κ2) is 12.7. The number of halogens is 1. The van der Waals surface area contributed by atoms with Crippen LogP contribution >= 0.6 is 0 Å². The molecule has 0 saturated carbocycles. The number of alkyl halides is 1. The zero-order chi connectivity index (χ0) is 35.3. The molecule has 0 spiro atoms. The molecule has 4 heterocycles. The number of hydrogen-bond acceptors (Lipinski definition) is 12. The molecule has 0 aliphatic carbocycles. The lowest BCUT2D eigenvalue weighted by Crippen LogP contribution is -2.37. The van der Waals surface area contributed by atoms with Gasteiger partial charge in [-0.05, 0) is 47.0 Å². The molecule has 2 aliphatic heterocycles. The number of ether oxygens (including phenoxy) is 2. The third-order valence-corrected chi connectivity index (χ3v) is 7.77. The van der Waals surface area contributed by atoms with Crippen LogP contribution in [0.3, 0.4) is 0 Å². The number of benzene rings is 1. The summed E-state index contributed by atoms with van der Waals surface area (Å²) >= 11 is 0. The van der Waals surface area contributed by atoms with Gasteiger partial charge in [-0.15, -0.1) is 0 Å². The number of nitro groups is 1. The maximum Gasteiger partial charge on any atom is 0.343 e. The predicted octanol–water partition coefficient (Wildman–Crippen LogP) is 5.31. The summed E-state index contributed by atoms with van der Waals surface area (Å²) in [5.41, 5.74) is 0.476. The zero-order valence-electron chi connectivity index (χ0n) is 29.3. The summed E-state index contributed by atoms with van der Waals surface area (Å²) in [7, 11) is 5.12. The van der Waals surface area contributed by atoms with Gasteiger partial charge in [0, 0.05) is 61.5 Å². The molecule has 1 aromatic carbocycles. The molecule has 2 aromatic heterocycles. The molecule has 0 bridgehead atoms. The molecule has 13 nitrogen and oxygen atoms in total. The van der Waals surface area contributed by atoms with E-state index in [4.69, 9.17) is 9.47 Å². The molecule has 1 N–H and O–H groups in total. The van der Waals surface area contributed by atoms with Crippen LogP contribution in [0, 0.1) is 17.0 Å². The van der Waals surface area contributed by atoms with Crippen molar-refractivity contribution < 1.29 is 26.3 Å². The Hall–Kier alpha value is -4.59. The summed E-state index contributed by atoms with van der Waals surface area (Å²) in [5, 5.41) is 15.3. The SMILES string of the molecule is [2H]C1([2H])N(c2nc(Nc3cc([N+](=O)[O-])c(N4C[C@@H](F)C[C@@H]4CN(C)C)cc3OC)ncc2C(=O)OC(C)C)c2ccc(C)nc2C1(C)C. The highest BCUT2D eigenvalue weighted by atomic mass is 19.1. The summed E-state index contributed by atoms with van der Waals surface area (Å²) in [4.78, 5) is 43.6. The third kappa shape index (κ3) is 6.52. The zero-order valence-corrected chi connectivity index (χ0v) is 27.3. The Bertz CT molecular complexity index is 1740. The van der Waals surface area contributed by atoms with Gasteiger partial charge in [0.2, 0.25) is 5.95 Å². The Labute approximate surface area is 270 Å². The van der Waals surface area contributed by atoms with E-state index in [1.807, 2.05) is 25.9 Å². The van der Waals surface area contributed by atoms with Crippen molar-refractivity contribution in [1.29, 1.82) is 0 Å². The fourth-order valence-electron chi connectivity index (χ4n) is 5.84. The average molecular weight is 639 g/mol. The molecule has 46 heavy (non-hydrogen) atoms. The monoisotopic (exact) mass is 638 g/mol. The number of methoxy groups -OCH3 is 1. The van der Waals surface area contributed by atoms with Gasteiger partial charge in [-0.1, -0.05) is 13.8 Å². The van der Waals surface area contributed by atoms with Gasteiger partial charge in [0.25, 0.3) is 5.69 Å². The topological polar surface area (TPSA) is 139 Å². The van der Waals surface area contributed by atoms with Crippen LogP contribution in [0.4, 0.5) is 38.9 Å². The minimum Gasteiger partial charge on any atom is -0.494 e. The summed E-state index contributed by atoms with van der Waals surface area (Å²) < 4.78 is 44.2. The summed E-state index contributed by atoms with van der Waals surface area (Å²) in [6, 6.07) is 5.95. The highest BCUT2D eigenvalue weighted by Gasteiger charge is 2.40. The maximum atomic E-state index is 14.6. The predicted molar refractivity (Wildman–Crippen MR) is 174 cm³/mol. The second-order valence-electron chi connectivity index (χ2n) is 12.6. The lowest BCUT2D eigenvalue weighted by Gasteiger charge is -2.29. The van der Waals surface area contributed by atoms with Gasteiger partial charge in [0.1, 0.15) is 23.2 Å². The number of rotatable bonds is 10. The molecule has 1 fully saturated rings. The van der Waals surface area contributed by atoms with Gasteiger partial charge < -0.3 is 29.5 Å². The fourth-order valence-corrected chi connectivity index (χ4v) is 5.84. The maximum absolute atomic E-state index is 14.6. The number of likely N-dealkylation sites (N-methyl/N-ethyl adjacent to an activating group) is 1. The van der Waals surface area contributed by atoms with E-state index in [9.17, 15) is 22.0 Å². The van der Waals surface area contributed by atoms with Crippen molar-refractivity contribution in [2.75, 3.05) is 55.9 Å². The summed E-state index contributed by atoms with van der Waals surface area (Å²) in [5.74, 6) is -0.722. The summed E-state index contributed by atoms with van der Waals surface area (Å²) in [6.07, 6.45) is -0.161. The van der Waals surface area contributed by atoms with Crippen LogP contribution in [0.1, 0.15) is 58.6 Å². The number of hydrogen-bond donors (Lipinski definition) is 1. The van der Waals surface area contributed by atoms with E-state index in [1.54, 1.807) is 44.7 Å². The molecule has 2 aliphatic rings. The van der Waals surface area contributed by atoms with E-state index >= 15 is 0 Å². The number of pyridine rings is 1. The Kier molecular flexibility index (Phi) is 8.28. The Morgan fingerprint density at radius 3 is 2.67 bits per heavy atom. The highest BCUT2D eigenvalue weighted by Crippen LogP contribution is 2.45. The smallest absolute Gasteiger partial charge is 0.343 e. The number of aryl methyl sites for hydroxylation is 1. The van der Waals surface area contributed by atoms with Crippen LogP contribution < -0.4 is 19.9 Å².